The minimum atomic E-state index is -0.494. The largest absolute Gasteiger partial charge is 0.468 e. The number of esters is 1. The molecule has 0 aromatic heterocycles. The first kappa shape index (κ1) is 15.8. The van der Waals surface area contributed by atoms with Crippen LogP contribution in [-0.4, -0.2) is 55.3 Å². The Morgan fingerprint density at radius 2 is 2.05 bits per heavy atom. The first-order valence-electron chi connectivity index (χ1n) is 6.62. The molecule has 6 heteroatoms. The van der Waals surface area contributed by atoms with Gasteiger partial charge in [-0.25, -0.2) is 4.79 Å². The molecule has 0 aliphatic carbocycles. The van der Waals surface area contributed by atoms with E-state index in [0.29, 0.717) is 13.1 Å². The predicted molar refractivity (Wildman–Crippen MR) is 70.8 cm³/mol. The van der Waals surface area contributed by atoms with Gasteiger partial charge in [0.25, 0.3) is 0 Å². The first-order valence-corrected chi connectivity index (χ1v) is 6.62. The smallest absolute Gasteiger partial charge is 0.407 e. The predicted octanol–water partition coefficient (Wildman–Crippen LogP) is 1.15. The molecule has 0 unspecified atom stereocenters. The topological polar surface area (TPSA) is 67.9 Å². The molecule has 1 amide bonds. The van der Waals surface area contributed by atoms with Crippen molar-refractivity contribution in [2.24, 2.45) is 0 Å². The van der Waals surface area contributed by atoms with Gasteiger partial charge in [0.1, 0.15) is 11.6 Å². The molecular weight excluding hydrogens is 248 g/mol. The molecule has 1 rings (SSSR count). The number of carbonyl (C=O) groups is 2. The van der Waals surface area contributed by atoms with Crippen LogP contribution in [0.1, 0.15) is 33.6 Å². The summed E-state index contributed by atoms with van der Waals surface area (Å²) in [4.78, 5) is 25.0. The summed E-state index contributed by atoms with van der Waals surface area (Å²) in [5.41, 5.74) is -0.494. The second-order valence-electron chi connectivity index (χ2n) is 5.65. The molecular formula is C13H24N2O4. The minimum Gasteiger partial charge on any atom is -0.468 e. The Morgan fingerprint density at radius 3 is 2.63 bits per heavy atom. The number of nitrogens with one attached hydrogen (secondary N) is 1. The number of nitrogens with zero attached hydrogens (tertiary/aromatic N) is 1. The Bertz CT molecular complexity index is 325. The zero-order valence-corrected chi connectivity index (χ0v) is 12.2. The third-order valence-corrected chi connectivity index (χ3v) is 2.90. The van der Waals surface area contributed by atoms with Crippen LogP contribution in [0.4, 0.5) is 4.79 Å². The molecule has 1 atom stereocenters. The van der Waals surface area contributed by atoms with Crippen molar-refractivity contribution < 1.29 is 19.1 Å². The second kappa shape index (κ2) is 6.75. The van der Waals surface area contributed by atoms with Gasteiger partial charge in [0.05, 0.1) is 7.11 Å². The van der Waals surface area contributed by atoms with E-state index in [1.165, 1.54) is 7.11 Å². The van der Waals surface area contributed by atoms with Crippen LogP contribution in [-0.2, 0) is 14.3 Å². The molecule has 6 nitrogen and oxygen atoms in total. The van der Waals surface area contributed by atoms with Crippen molar-refractivity contribution in [2.45, 2.75) is 45.3 Å². The van der Waals surface area contributed by atoms with E-state index in [1.54, 1.807) is 0 Å². The number of hydrogen-bond donors (Lipinski definition) is 1. The molecule has 0 spiro atoms. The van der Waals surface area contributed by atoms with Crippen LogP contribution in [0.5, 0.6) is 0 Å². The fourth-order valence-corrected chi connectivity index (χ4v) is 2.11. The zero-order chi connectivity index (χ0) is 14.5. The Balaban J connectivity index is 2.29. The highest BCUT2D eigenvalue weighted by molar-refractivity contribution is 5.76. The molecule has 1 fully saturated rings. The lowest BCUT2D eigenvalue weighted by molar-refractivity contribution is -0.145. The van der Waals surface area contributed by atoms with E-state index in [4.69, 9.17) is 9.47 Å². The van der Waals surface area contributed by atoms with Gasteiger partial charge in [-0.15, -0.1) is 0 Å². The average Bonchev–Trinajstić information content (AvgIpc) is 2.74. The van der Waals surface area contributed by atoms with Crippen molar-refractivity contribution in [3.8, 4) is 0 Å². The summed E-state index contributed by atoms with van der Waals surface area (Å²) in [5.74, 6) is -0.199. The molecule has 110 valence electrons. The van der Waals surface area contributed by atoms with Crippen molar-refractivity contribution in [2.75, 3.05) is 26.7 Å². The monoisotopic (exact) mass is 272 g/mol. The van der Waals surface area contributed by atoms with E-state index in [1.807, 2.05) is 25.7 Å². The average molecular weight is 272 g/mol. The second-order valence-corrected chi connectivity index (χ2v) is 5.65. The third-order valence-electron chi connectivity index (χ3n) is 2.90. The minimum absolute atomic E-state index is 0.176. The third kappa shape index (κ3) is 5.46. The van der Waals surface area contributed by atoms with Gasteiger partial charge in [-0.2, -0.15) is 0 Å². The summed E-state index contributed by atoms with van der Waals surface area (Å²) in [6, 6.07) is -0.176. The number of methoxy groups -OCH3 is 1. The summed E-state index contributed by atoms with van der Waals surface area (Å²) in [6.45, 7) is 7.40. The van der Waals surface area contributed by atoms with E-state index in [-0.39, 0.29) is 12.0 Å². The van der Waals surface area contributed by atoms with Crippen LogP contribution >= 0.6 is 0 Å². The molecule has 0 radical (unpaired) electrons. The van der Waals surface area contributed by atoms with Crippen molar-refractivity contribution in [3.63, 3.8) is 0 Å². The van der Waals surface area contributed by atoms with E-state index < -0.39 is 11.7 Å². The Morgan fingerprint density at radius 1 is 1.37 bits per heavy atom. The van der Waals surface area contributed by atoms with Crippen molar-refractivity contribution in [1.82, 2.24) is 10.2 Å². The van der Waals surface area contributed by atoms with E-state index in [0.717, 1.165) is 19.4 Å². The fourth-order valence-electron chi connectivity index (χ4n) is 2.11. The number of likely N-dealkylation sites (tertiary alicyclic amines) is 1. The molecule has 1 aliphatic heterocycles. The number of rotatable bonds is 4. The number of alkyl carbamates (subject to hydrolysis) is 1. The van der Waals surface area contributed by atoms with Crippen LogP contribution in [0.3, 0.4) is 0 Å². The quantitative estimate of drug-likeness (QED) is 0.778. The van der Waals surface area contributed by atoms with Gasteiger partial charge in [-0.1, -0.05) is 0 Å². The fraction of sp³-hybridized carbons (Fsp3) is 0.846. The van der Waals surface area contributed by atoms with Crippen molar-refractivity contribution in [1.29, 1.82) is 0 Å². The molecule has 0 saturated carbocycles. The summed E-state index contributed by atoms with van der Waals surface area (Å²) < 4.78 is 9.90. The van der Waals surface area contributed by atoms with Gasteiger partial charge in [0.2, 0.25) is 0 Å². The molecule has 0 bridgehead atoms. The maximum absolute atomic E-state index is 11.5. The number of hydrogen-bond acceptors (Lipinski definition) is 5. The molecule has 1 saturated heterocycles. The van der Waals surface area contributed by atoms with Crippen LogP contribution in [0.25, 0.3) is 0 Å². The number of amides is 1. The summed E-state index contributed by atoms with van der Waals surface area (Å²) in [7, 11) is 1.40. The van der Waals surface area contributed by atoms with Gasteiger partial charge in [0.15, 0.2) is 0 Å². The van der Waals surface area contributed by atoms with Gasteiger partial charge in [-0.3, -0.25) is 9.69 Å². The van der Waals surface area contributed by atoms with E-state index in [9.17, 15) is 9.59 Å². The van der Waals surface area contributed by atoms with Crippen LogP contribution in [0.2, 0.25) is 0 Å². The van der Waals surface area contributed by atoms with Gasteiger partial charge < -0.3 is 14.8 Å². The Kier molecular flexibility index (Phi) is 5.60. The van der Waals surface area contributed by atoms with E-state index in [2.05, 4.69) is 5.32 Å². The van der Waals surface area contributed by atoms with Crippen LogP contribution in [0.15, 0.2) is 0 Å². The normalized spacial score (nSPS) is 20.1. The standard InChI is InChI=1S/C13H24N2O4/c1-13(2,3)19-12(17)14-7-9-15-8-5-6-10(15)11(16)18-4/h10H,5-9H2,1-4H3,(H,14,17)/t10-/m0/s1. The lowest BCUT2D eigenvalue weighted by Gasteiger charge is -2.23. The molecule has 0 aromatic carbocycles. The van der Waals surface area contributed by atoms with Gasteiger partial charge >= 0.3 is 12.1 Å². The zero-order valence-electron chi connectivity index (χ0n) is 12.2. The summed E-state index contributed by atoms with van der Waals surface area (Å²) in [6.07, 6.45) is 1.37. The summed E-state index contributed by atoms with van der Waals surface area (Å²) in [5, 5.41) is 2.69. The maximum Gasteiger partial charge on any atom is 0.407 e. The lowest BCUT2D eigenvalue weighted by Crippen LogP contribution is -2.42. The van der Waals surface area contributed by atoms with Crippen molar-refractivity contribution in [3.05, 3.63) is 0 Å². The van der Waals surface area contributed by atoms with Crippen LogP contribution in [0, 0.1) is 0 Å². The molecule has 1 heterocycles. The molecule has 19 heavy (non-hydrogen) atoms. The van der Waals surface area contributed by atoms with Crippen molar-refractivity contribution >= 4 is 12.1 Å². The maximum atomic E-state index is 11.5. The number of ether oxygens (including phenoxy) is 2. The first-order chi connectivity index (χ1) is 8.83. The SMILES string of the molecule is COC(=O)[C@@H]1CCCN1CCNC(=O)OC(C)(C)C. The highest BCUT2D eigenvalue weighted by atomic mass is 16.6. The Labute approximate surface area is 114 Å². The molecule has 0 aromatic rings. The molecule has 1 aliphatic rings. The number of carbonyl (C=O) groups excluding carboxylic acids is 2. The van der Waals surface area contributed by atoms with Gasteiger partial charge in [0, 0.05) is 13.1 Å². The van der Waals surface area contributed by atoms with Crippen LogP contribution < -0.4 is 5.32 Å². The Hall–Kier alpha value is -1.30. The lowest BCUT2D eigenvalue weighted by atomic mass is 10.2. The summed E-state index contributed by atoms with van der Waals surface area (Å²) >= 11 is 0. The van der Waals surface area contributed by atoms with E-state index >= 15 is 0 Å². The highest BCUT2D eigenvalue weighted by Gasteiger charge is 2.31. The van der Waals surface area contributed by atoms with Gasteiger partial charge in [-0.05, 0) is 40.2 Å². The molecule has 1 N–H and O–H groups in total. The highest BCUT2D eigenvalue weighted by Crippen LogP contribution is 2.17.